The van der Waals surface area contributed by atoms with E-state index < -0.39 is 0 Å². The van der Waals surface area contributed by atoms with Crippen LogP contribution in [0.1, 0.15) is 23.1 Å². The van der Waals surface area contributed by atoms with E-state index in [2.05, 4.69) is 49.4 Å². The van der Waals surface area contributed by atoms with Gasteiger partial charge in [0.25, 0.3) is 5.91 Å². The van der Waals surface area contributed by atoms with Gasteiger partial charge < -0.3 is 4.90 Å². The Morgan fingerprint density at radius 1 is 1.05 bits per heavy atom. The Labute approximate surface area is 124 Å². The smallest absolute Gasteiger partial charge is 0.254 e. The number of aryl methyl sites for hydroxylation is 1. The third-order valence-corrected chi connectivity index (χ3v) is 4.44. The Bertz CT molecular complexity index is 742. The fourth-order valence-electron chi connectivity index (χ4n) is 3.38. The number of rotatable bonds is 1. The number of hydrogen-bond acceptors (Lipinski definition) is 1. The second kappa shape index (κ2) is 4.59. The van der Waals surface area contributed by atoms with Gasteiger partial charge in [0.05, 0.1) is 0 Å². The van der Waals surface area contributed by atoms with Crippen molar-refractivity contribution in [2.75, 3.05) is 4.90 Å². The van der Waals surface area contributed by atoms with E-state index in [1.807, 2.05) is 17.0 Å². The molecule has 0 bridgehead atoms. The summed E-state index contributed by atoms with van der Waals surface area (Å²) in [6, 6.07) is 16.9. The number of carbonyl (C=O) groups excluding carboxylic acids is 1. The van der Waals surface area contributed by atoms with Crippen LogP contribution in [0.25, 0.3) is 6.08 Å². The van der Waals surface area contributed by atoms with Crippen LogP contribution < -0.4 is 4.90 Å². The number of nitrogens with zero attached hydrogens (tertiary/aromatic N) is 1. The van der Waals surface area contributed by atoms with Gasteiger partial charge >= 0.3 is 0 Å². The second-order valence-corrected chi connectivity index (χ2v) is 5.95. The molecule has 1 amide bonds. The summed E-state index contributed by atoms with van der Waals surface area (Å²) in [4.78, 5) is 14.7. The van der Waals surface area contributed by atoms with Crippen molar-refractivity contribution < 1.29 is 4.79 Å². The maximum absolute atomic E-state index is 12.7. The van der Waals surface area contributed by atoms with Crippen LogP contribution in [0.3, 0.4) is 0 Å². The number of benzene rings is 2. The zero-order chi connectivity index (χ0) is 14.4. The average Bonchev–Trinajstić information content (AvgIpc) is 2.99. The number of fused-ring (bicyclic) bond motifs is 3. The van der Waals surface area contributed by atoms with Crippen molar-refractivity contribution in [2.45, 2.75) is 25.8 Å². The number of anilines is 1. The minimum atomic E-state index is 0.172. The van der Waals surface area contributed by atoms with E-state index in [1.165, 1.54) is 11.1 Å². The summed E-state index contributed by atoms with van der Waals surface area (Å²) in [5.74, 6) is 0.172. The van der Waals surface area contributed by atoms with Crippen molar-refractivity contribution >= 4 is 17.7 Å². The quantitative estimate of drug-likeness (QED) is 0.726. The molecule has 2 heteroatoms. The topological polar surface area (TPSA) is 20.3 Å². The summed E-state index contributed by atoms with van der Waals surface area (Å²) in [5, 5.41) is 0. The molecule has 21 heavy (non-hydrogen) atoms. The molecule has 2 heterocycles. The molecular formula is C19H17NO. The summed E-state index contributed by atoms with van der Waals surface area (Å²) in [6.45, 7) is 2.07. The van der Waals surface area contributed by atoms with E-state index in [9.17, 15) is 4.79 Å². The molecule has 1 atom stereocenters. The molecule has 0 aliphatic carbocycles. The van der Waals surface area contributed by atoms with Gasteiger partial charge in [-0.25, -0.2) is 0 Å². The van der Waals surface area contributed by atoms with E-state index in [4.69, 9.17) is 0 Å². The molecule has 2 aromatic carbocycles. The van der Waals surface area contributed by atoms with Crippen LogP contribution in [-0.2, 0) is 11.2 Å². The molecule has 1 fully saturated rings. The van der Waals surface area contributed by atoms with Gasteiger partial charge in [-0.3, -0.25) is 4.79 Å². The van der Waals surface area contributed by atoms with Gasteiger partial charge in [-0.2, -0.15) is 0 Å². The fourth-order valence-corrected chi connectivity index (χ4v) is 3.38. The predicted octanol–water partition coefficient (Wildman–Crippen LogP) is 3.74. The van der Waals surface area contributed by atoms with E-state index in [0.717, 1.165) is 29.7 Å². The highest BCUT2D eigenvalue weighted by molar-refractivity contribution is 6.12. The largest absolute Gasteiger partial charge is 0.305 e. The summed E-state index contributed by atoms with van der Waals surface area (Å²) >= 11 is 0. The zero-order valence-electron chi connectivity index (χ0n) is 12.0. The first-order valence-corrected chi connectivity index (χ1v) is 7.41. The molecule has 1 unspecified atom stereocenters. The van der Waals surface area contributed by atoms with Gasteiger partial charge in [0.1, 0.15) is 0 Å². The van der Waals surface area contributed by atoms with E-state index in [0.29, 0.717) is 6.04 Å². The lowest BCUT2D eigenvalue weighted by Crippen LogP contribution is -2.29. The summed E-state index contributed by atoms with van der Waals surface area (Å²) in [7, 11) is 0. The van der Waals surface area contributed by atoms with Gasteiger partial charge in [-0.15, -0.1) is 0 Å². The third-order valence-electron chi connectivity index (χ3n) is 4.44. The van der Waals surface area contributed by atoms with E-state index >= 15 is 0 Å². The van der Waals surface area contributed by atoms with Gasteiger partial charge in [0, 0.05) is 17.3 Å². The zero-order valence-corrected chi connectivity index (χ0v) is 12.0. The van der Waals surface area contributed by atoms with E-state index in [1.54, 1.807) is 0 Å². The summed E-state index contributed by atoms with van der Waals surface area (Å²) in [5.41, 5.74) is 5.67. The number of hydrogen-bond donors (Lipinski definition) is 0. The Hall–Kier alpha value is -2.35. The Balaban J connectivity index is 1.68. The van der Waals surface area contributed by atoms with Crippen LogP contribution in [0.4, 0.5) is 5.69 Å². The molecule has 0 radical (unpaired) electrons. The molecular weight excluding hydrogens is 258 g/mol. The standard InChI is InChI=1S/C19H17NO/c1-13-6-8-14(9-7-13)10-16-12-17-11-15-4-2-3-5-18(15)20(17)19(16)21/h2-10,17H,11-12H2,1H3/b16-10-. The predicted molar refractivity (Wildman–Crippen MR) is 85.2 cm³/mol. The van der Waals surface area contributed by atoms with Crippen molar-refractivity contribution in [2.24, 2.45) is 0 Å². The monoisotopic (exact) mass is 275 g/mol. The van der Waals surface area contributed by atoms with Crippen LogP contribution in [0.2, 0.25) is 0 Å². The van der Waals surface area contributed by atoms with Crippen molar-refractivity contribution in [3.63, 3.8) is 0 Å². The molecule has 2 aliphatic rings. The molecule has 2 aliphatic heterocycles. The van der Waals surface area contributed by atoms with E-state index in [-0.39, 0.29) is 5.91 Å². The lowest BCUT2D eigenvalue weighted by Gasteiger charge is -2.15. The maximum Gasteiger partial charge on any atom is 0.254 e. The van der Waals surface area contributed by atoms with Gasteiger partial charge in [0.2, 0.25) is 0 Å². The maximum atomic E-state index is 12.7. The first-order valence-electron chi connectivity index (χ1n) is 7.41. The van der Waals surface area contributed by atoms with Crippen LogP contribution >= 0.6 is 0 Å². The molecule has 0 saturated carbocycles. The van der Waals surface area contributed by atoms with Crippen LogP contribution in [0, 0.1) is 6.92 Å². The van der Waals surface area contributed by atoms with Gasteiger partial charge in [-0.1, -0.05) is 48.0 Å². The van der Waals surface area contributed by atoms with Crippen molar-refractivity contribution in [1.29, 1.82) is 0 Å². The molecule has 104 valence electrons. The second-order valence-electron chi connectivity index (χ2n) is 5.95. The number of amides is 1. The van der Waals surface area contributed by atoms with Gasteiger partial charge in [0.15, 0.2) is 0 Å². The van der Waals surface area contributed by atoms with Crippen molar-refractivity contribution in [3.05, 3.63) is 70.8 Å². The highest BCUT2D eigenvalue weighted by Gasteiger charge is 2.41. The first-order chi connectivity index (χ1) is 10.2. The third kappa shape index (κ3) is 1.99. The normalized spacial score (nSPS) is 21.8. The Morgan fingerprint density at radius 3 is 2.62 bits per heavy atom. The lowest BCUT2D eigenvalue weighted by molar-refractivity contribution is -0.114. The van der Waals surface area contributed by atoms with Crippen LogP contribution in [0.15, 0.2) is 54.1 Å². The minimum absolute atomic E-state index is 0.172. The highest BCUT2D eigenvalue weighted by atomic mass is 16.2. The van der Waals surface area contributed by atoms with Crippen LogP contribution in [0.5, 0.6) is 0 Å². The molecule has 0 spiro atoms. The average molecular weight is 275 g/mol. The summed E-state index contributed by atoms with van der Waals surface area (Å²) in [6.07, 6.45) is 3.87. The van der Waals surface area contributed by atoms with Crippen molar-refractivity contribution in [1.82, 2.24) is 0 Å². The number of para-hydroxylation sites is 1. The molecule has 0 N–H and O–H groups in total. The molecule has 0 aromatic heterocycles. The molecule has 1 saturated heterocycles. The molecule has 2 aromatic rings. The minimum Gasteiger partial charge on any atom is -0.305 e. The first kappa shape index (κ1) is 12.4. The fraction of sp³-hybridized carbons (Fsp3) is 0.211. The Kier molecular flexibility index (Phi) is 2.71. The molecule has 4 rings (SSSR count). The Morgan fingerprint density at radius 2 is 1.81 bits per heavy atom. The lowest BCUT2D eigenvalue weighted by atomic mass is 10.0. The summed E-state index contributed by atoms with van der Waals surface area (Å²) < 4.78 is 0. The SMILES string of the molecule is Cc1ccc(/C=C2/CC3Cc4ccccc4N3C2=O)cc1. The number of carbonyl (C=O) groups is 1. The highest BCUT2D eigenvalue weighted by Crippen LogP contribution is 2.40. The van der Waals surface area contributed by atoms with Crippen LogP contribution in [-0.4, -0.2) is 11.9 Å². The van der Waals surface area contributed by atoms with Crippen molar-refractivity contribution in [3.8, 4) is 0 Å². The molecule has 2 nitrogen and oxygen atoms in total. The van der Waals surface area contributed by atoms with Gasteiger partial charge in [-0.05, 0) is 43.0 Å².